The molecule has 2 aromatic rings. The molecule has 2 saturated heterocycles. The van der Waals surface area contributed by atoms with Crippen molar-refractivity contribution in [3.63, 3.8) is 0 Å². The highest BCUT2D eigenvalue weighted by molar-refractivity contribution is 6.04. The summed E-state index contributed by atoms with van der Waals surface area (Å²) in [6, 6.07) is 16.8. The Morgan fingerprint density at radius 3 is 2.37 bits per heavy atom. The lowest BCUT2D eigenvalue weighted by molar-refractivity contribution is -0.141. The van der Waals surface area contributed by atoms with Crippen molar-refractivity contribution in [2.75, 3.05) is 26.2 Å². The average Bonchev–Trinajstić information content (AvgIpc) is 3.03. The van der Waals surface area contributed by atoms with Gasteiger partial charge in [0.1, 0.15) is 11.8 Å². The van der Waals surface area contributed by atoms with Gasteiger partial charge >= 0.3 is 6.03 Å². The molecular weight excluding hydrogens is 382 g/mol. The van der Waals surface area contributed by atoms with Gasteiger partial charge in [-0.3, -0.25) is 14.5 Å². The third-order valence-electron chi connectivity index (χ3n) is 5.66. The van der Waals surface area contributed by atoms with Crippen LogP contribution in [0.5, 0.6) is 5.75 Å². The number of hydrogen-bond donors (Lipinski definition) is 0. The summed E-state index contributed by atoms with van der Waals surface area (Å²) in [5, 5.41) is 0. The van der Waals surface area contributed by atoms with Crippen LogP contribution in [0.2, 0.25) is 0 Å². The molecule has 0 aromatic heterocycles. The highest BCUT2D eigenvalue weighted by Gasteiger charge is 2.48. The minimum absolute atomic E-state index is 0.183. The Labute approximate surface area is 175 Å². The van der Waals surface area contributed by atoms with Gasteiger partial charge in [0, 0.05) is 19.6 Å². The van der Waals surface area contributed by atoms with Crippen LogP contribution in [0, 0.1) is 0 Å². The summed E-state index contributed by atoms with van der Waals surface area (Å²) in [7, 11) is 0. The molecule has 0 unspecified atom stereocenters. The number of imide groups is 1. The molecule has 0 bridgehead atoms. The topological polar surface area (TPSA) is 70.2 Å². The highest BCUT2D eigenvalue weighted by atomic mass is 16.5. The van der Waals surface area contributed by atoms with Crippen LogP contribution in [-0.2, 0) is 9.59 Å². The lowest BCUT2D eigenvalue weighted by Crippen LogP contribution is -2.56. The second-order valence-corrected chi connectivity index (χ2v) is 7.51. The number of benzene rings is 2. The predicted octanol–water partition coefficient (Wildman–Crippen LogP) is 2.62. The molecular formula is C23H25N3O4. The summed E-state index contributed by atoms with van der Waals surface area (Å²) in [4.78, 5) is 42.0. The molecule has 4 amide bonds. The first-order chi connectivity index (χ1) is 14.5. The average molecular weight is 407 g/mol. The summed E-state index contributed by atoms with van der Waals surface area (Å²) in [6.45, 7) is 4.79. The third-order valence-corrected chi connectivity index (χ3v) is 5.66. The summed E-state index contributed by atoms with van der Waals surface area (Å²) < 4.78 is 5.85. The van der Waals surface area contributed by atoms with Crippen LogP contribution < -0.4 is 4.74 Å². The maximum absolute atomic E-state index is 12.9. The van der Waals surface area contributed by atoms with Crippen LogP contribution in [0.1, 0.15) is 13.8 Å². The molecule has 7 nitrogen and oxygen atoms in total. The first-order valence-electron chi connectivity index (χ1n) is 10.2. The zero-order valence-corrected chi connectivity index (χ0v) is 17.2. The third kappa shape index (κ3) is 3.63. The fourth-order valence-corrected chi connectivity index (χ4v) is 4.01. The number of fused-ring (bicyclic) bond motifs is 1. The zero-order chi connectivity index (χ0) is 21.3. The summed E-state index contributed by atoms with van der Waals surface area (Å²) in [5.41, 5.74) is 2.19. The Kier molecular flexibility index (Phi) is 5.44. The van der Waals surface area contributed by atoms with Crippen LogP contribution in [0.15, 0.2) is 54.6 Å². The number of ether oxygens (including phenoxy) is 1. The highest BCUT2D eigenvalue weighted by Crippen LogP contribution is 2.24. The van der Waals surface area contributed by atoms with Gasteiger partial charge in [-0.2, -0.15) is 0 Å². The molecule has 4 rings (SSSR count). The quantitative estimate of drug-likeness (QED) is 0.715. The fraction of sp³-hybridized carbons (Fsp3) is 0.348. The summed E-state index contributed by atoms with van der Waals surface area (Å²) in [5.74, 6) is 0.195. The van der Waals surface area contributed by atoms with E-state index in [9.17, 15) is 14.4 Å². The van der Waals surface area contributed by atoms with E-state index in [0.717, 1.165) is 11.1 Å². The van der Waals surface area contributed by atoms with Crippen LogP contribution in [0.25, 0.3) is 11.1 Å². The second-order valence-electron chi connectivity index (χ2n) is 7.51. The van der Waals surface area contributed by atoms with E-state index in [4.69, 9.17) is 4.74 Å². The van der Waals surface area contributed by atoms with Crippen molar-refractivity contribution in [2.45, 2.75) is 26.0 Å². The Hall–Kier alpha value is -3.35. The Bertz CT molecular complexity index is 945. The first-order valence-corrected chi connectivity index (χ1v) is 10.2. The number of piperazine rings is 1. The molecule has 156 valence electrons. The molecule has 0 N–H and O–H groups in total. The van der Waals surface area contributed by atoms with Crippen LogP contribution in [-0.4, -0.2) is 70.9 Å². The van der Waals surface area contributed by atoms with Crippen LogP contribution in [0.3, 0.4) is 0 Å². The smallest absolute Gasteiger partial charge is 0.327 e. The van der Waals surface area contributed by atoms with Gasteiger partial charge in [0.05, 0.1) is 6.54 Å². The van der Waals surface area contributed by atoms with E-state index in [-0.39, 0.29) is 24.4 Å². The van der Waals surface area contributed by atoms with Crippen molar-refractivity contribution in [1.29, 1.82) is 0 Å². The van der Waals surface area contributed by atoms with Gasteiger partial charge in [0.15, 0.2) is 6.10 Å². The van der Waals surface area contributed by atoms with Crippen molar-refractivity contribution < 1.29 is 19.1 Å². The number of hydrogen-bond acceptors (Lipinski definition) is 4. The van der Waals surface area contributed by atoms with Gasteiger partial charge in [0.25, 0.3) is 11.8 Å². The molecule has 0 radical (unpaired) electrons. The van der Waals surface area contributed by atoms with Crippen molar-refractivity contribution in [2.24, 2.45) is 0 Å². The van der Waals surface area contributed by atoms with E-state index in [2.05, 4.69) is 0 Å². The Morgan fingerprint density at radius 1 is 1.03 bits per heavy atom. The minimum Gasteiger partial charge on any atom is -0.481 e. The maximum atomic E-state index is 12.9. The van der Waals surface area contributed by atoms with Gasteiger partial charge in [-0.05, 0) is 37.1 Å². The van der Waals surface area contributed by atoms with Gasteiger partial charge in [-0.15, -0.1) is 0 Å². The number of carbonyl (C=O) groups excluding carboxylic acids is 3. The largest absolute Gasteiger partial charge is 0.481 e. The fourth-order valence-electron chi connectivity index (χ4n) is 4.01. The van der Waals surface area contributed by atoms with Crippen molar-refractivity contribution in [3.8, 4) is 16.9 Å². The minimum atomic E-state index is -0.686. The molecule has 2 atom stereocenters. The summed E-state index contributed by atoms with van der Waals surface area (Å²) >= 11 is 0. The molecule has 0 saturated carbocycles. The predicted molar refractivity (Wildman–Crippen MR) is 112 cm³/mol. The molecule has 0 spiro atoms. The monoisotopic (exact) mass is 407 g/mol. The van der Waals surface area contributed by atoms with Crippen LogP contribution >= 0.6 is 0 Å². The van der Waals surface area contributed by atoms with Crippen LogP contribution in [0.4, 0.5) is 4.79 Å². The van der Waals surface area contributed by atoms with E-state index in [1.165, 1.54) is 4.90 Å². The molecule has 2 aliphatic heterocycles. The van der Waals surface area contributed by atoms with E-state index in [0.29, 0.717) is 25.4 Å². The zero-order valence-electron chi connectivity index (χ0n) is 17.2. The normalized spacial score (nSPS) is 19.7. The molecule has 0 aliphatic carbocycles. The van der Waals surface area contributed by atoms with Gasteiger partial charge < -0.3 is 14.5 Å². The second kappa shape index (κ2) is 8.18. The van der Waals surface area contributed by atoms with E-state index in [1.807, 2.05) is 54.6 Å². The van der Waals surface area contributed by atoms with Gasteiger partial charge in [-0.1, -0.05) is 42.5 Å². The SMILES string of the molecule is CCN1C(=O)[C@@H]2CN(C(=O)[C@@H](C)Oc3ccc(-c4ccccc4)cc3)CCN2C1=O. The lowest BCUT2D eigenvalue weighted by Gasteiger charge is -2.36. The molecule has 30 heavy (non-hydrogen) atoms. The molecule has 2 fully saturated rings. The van der Waals surface area contributed by atoms with Gasteiger partial charge in [0.2, 0.25) is 0 Å². The number of nitrogens with zero attached hydrogens (tertiary/aromatic N) is 3. The number of urea groups is 1. The van der Waals surface area contributed by atoms with E-state index in [1.54, 1.807) is 23.6 Å². The maximum Gasteiger partial charge on any atom is 0.327 e. The summed E-state index contributed by atoms with van der Waals surface area (Å²) in [6.07, 6.45) is -0.686. The van der Waals surface area contributed by atoms with Gasteiger partial charge in [-0.25, -0.2) is 4.79 Å². The molecule has 2 aliphatic rings. The Morgan fingerprint density at radius 2 is 1.70 bits per heavy atom. The van der Waals surface area contributed by atoms with Crippen molar-refractivity contribution >= 4 is 17.8 Å². The van der Waals surface area contributed by atoms with E-state index < -0.39 is 12.1 Å². The number of amides is 4. The number of rotatable bonds is 5. The molecule has 2 heterocycles. The standard InChI is InChI=1S/C23H25N3O4/c1-3-25-22(28)20-15-24(13-14-26(20)23(25)29)21(27)16(2)30-19-11-9-18(10-12-19)17-7-5-4-6-8-17/h4-12,16,20H,3,13-15H2,1-2H3/t16-,20+/m1/s1. The molecule has 2 aromatic carbocycles. The van der Waals surface area contributed by atoms with E-state index >= 15 is 0 Å². The number of likely N-dealkylation sites (N-methyl/N-ethyl adjacent to an activating group) is 1. The molecule has 7 heteroatoms. The van der Waals surface area contributed by atoms with Crippen molar-refractivity contribution in [1.82, 2.24) is 14.7 Å². The Balaban J connectivity index is 1.38. The lowest BCUT2D eigenvalue weighted by atomic mass is 10.1. The van der Waals surface area contributed by atoms with Crippen molar-refractivity contribution in [3.05, 3.63) is 54.6 Å². The number of carbonyl (C=O) groups is 3. The first kappa shape index (κ1) is 19.9.